The van der Waals surface area contributed by atoms with Crippen LogP contribution < -0.4 is 0 Å². The van der Waals surface area contributed by atoms with Crippen LogP contribution >= 0.6 is 0 Å². The lowest BCUT2D eigenvalue weighted by molar-refractivity contribution is 0.00735. The molecule has 0 saturated carbocycles. The zero-order valence-corrected chi connectivity index (χ0v) is 13.3. The molecule has 0 aliphatic rings. The van der Waals surface area contributed by atoms with Gasteiger partial charge in [-0.25, -0.2) is 0 Å². The standard InChI is InChI=1S/C10H22O4.C5H12O/c1-2-3-5-12-7-9-14-10-8-13-6-4-11;1-2-3-4-5-6/h11H,2-10H2,1H3;6H,2-5H2,1H3. The van der Waals surface area contributed by atoms with E-state index in [-0.39, 0.29) is 6.61 Å². The topological polar surface area (TPSA) is 68.2 Å². The van der Waals surface area contributed by atoms with E-state index >= 15 is 0 Å². The van der Waals surface area contributed by atoms with Crippen molar-refractivity contribution in [3.8, 4) is 0 Å². The van der Waals surface area contributed by atoms with E-state index in [0.29, 0.717) is 39.6 Å². The molecule has 0 aliphatic heterocycles. The Hall–Kier alpha value is -0.200. The molecule has 0 aromatic rings. The molecule has 2 N–H and O–H groups in total. The highest BCUT2D eigenvalue weighted by atomic mass is 16.5. The van der Waals surface area contributed by atoms with Crippen molar-refractivity contribution in [1.82, 2.24) is 0 Å². The van der Waals surface area contributed by atoms with Crippen molar-refractivity contribution in [2.45, 2.75) is 46.0 Å². The summed E-state index contributed by atoms with van der Waals surface area (Å²) in [7, 11) is 0. The molecule has 5 nitrogen and oxygen atoms in total. The number of rotatable bonds is 14. The molecule has 0 heterocycles. The van der Waals surface area contributed by atoms with Gasteiger partial charge in [0, 0.05) is 13.2 Å². The van der Waals surface area contributed by atoms with Gasteiger partial charge in [-0.1, -0.05) is 33.1 Å². The summed E-state index contributed by atoms with van der Waals surface area (Å²) in [6.45, 7) is 8.26. The minimum atomic E-state index is 0.0696. The van der Waals surface area contributed by atoms with Gasteiger partial charge in [0.2, 0.25) is 0 Å². The van der Waals surface area contributed by atoms with Gasteiger partial charge in [0.25, 0.3) is 0 Å². The number of hydrogen-bond acceptors (Lipinski definition) is 5. The van der Waals surface area contributed by atoms with Crippen LogP contribution in [-0.2, 0) is 14.2 Å². The molecule has 0 spiro atoms. The maximum atomic E-state index is 8.40. The highest BCUT2D eigenvalue weighted by molar-refractivity contribution is 4.35. The summed E-state index contributed by atoms with van der Waals surface area (Å²) in [5, 5.41) is 16.6. The normalized spacial score (nSPS) is 10.2. The Morgan fingerprint density at radius 2 is 1.05 bits per heavy atom. The SMILES string of the molecule is CCCCCO.CCCCOCCOCCOCCO. The lowest BCUT2D eigenvalue weighted by atomic mass is 10.3. The fraction of sp³-hybridized carbons (Fsp3) is 1.00. The summed E-state index contributed by atoms with van der Waals surface area (Å²) in [6.07, 6.45) is 5.60. The molecular formula is C15H34O5. The van der Waals surface area contributed by atoms with E-state index in [1.807, 2.05) is 0 Å². The molecule has 5 heteroatoms. The molecule has 0 aromatic heterocycles. The molecular weight excluding hydrogens is 260 g/mol. The van der Waals surface area contributed by atoms with Gasteiger partial charge in [-0.15, -0.1) is 0 Å². The predicted molar refractivity (Wildman–Crippen MR) is 81.1 cm³/mol. The quantitative estimate of drug-likeness (QED) is 0.480. The Kier molecular flexibility index (Phi) is 26.4. The first-order valence-electron chi connectivity index (χ1n) is 7.78. The van der Waals surface area contributed by atoms with Crippen molar-refractivity contribution in [2.24, 2.45) is 0 Å². The van der Waals surface area contributed by atoms with Crippen LogP contribution in [0.2, 0.25) is 0 Å². The van der Waals surface area contributed by atoms with Crippen molar-refractivity contribution in [1.29, 1.82) is 0 Å². The Balaban J connectivity index is 0. The van der Waals surface area contributed by atoms with Crippen LogP contribution in [-0.4, -0.2) is 63.1 Å². The predicted octanol–water partition coefficient (Wildman–Crippen LogP) is 2.00. The zero-order valence-electron chi connectivity index (χ0n) is 13.3. The van der Waals surface area contributed by atoms with E-state index in [9.17, 15) is 0 Å². The average molecular weight is 294 g/mol. The molecule has 0 amide bonds. The van der Waals surface area contributed by atoms with Crippen molar-refractivity contribution in [2.75, 3.05) is 52.9 Å². The summed E-state index contributed by atoms with van der Waals surface area (Å²) in [6, 6.07) is 0. The Morgan fingerprint density at radius 3 is 1.45 bits per heavy atom. The fourth-order valence-corrected chi connectivity index (χ4v) is 1.21. The van der Waals surface area contributed by atoms with E-state index in [0.717, 1.165) is 32.3 Å². The highest BCUT2D eigenvalue weighted by Crippen LogP contribution is 1.89. The van der Waals surface area contributed by atoms with Crippen LogP contribution in [0.15, 0.2) is 0 Å². The van der Waals surface area contributed by atoms with Gasteiger partial charge in [0.1, 0.15) is 0 Å². The van der Waals surface area contributed by atoms with E-state index < -0.39 is 0 Å². The molecule has 0 bridgehead atoms. The Morgan fingerprint density at radius 1 is 0.550 bits per heavy atom. The third-order valence-corrected chi connectivity index (χ3v) is 2.38. The molecule has 0 unspecified atom stereocenters. The van der Waals surface area contributed by atoms with Gasteiger partial charge in [0.05, 0.1) is 39.6 Å². The average Bonchev–Trinajstić information content (AvgIpc) is 2.48. The van der Waals surface area contributed by atoms with Crippen LogP contribution in [0.5, 0.6) is 0 Å². The molecule has 0 aliphatic carbocycles. The van der Waals surface area contributed by atoms with Crippen molar-refractivity contribution in [3.05, 3.63) is 0 Å². The molecule has 0 atom stereocenters. The monoisotopic (exact) mass is 294 g/mol. The number of unbranched alkanes of at least 4 members (excludes halogenated alkanes) is 3. The van der Waals surface area contributed by atoms with Gasteiger partial charge in [0.15, 0.2) is 0 Å². The second-order valence-electron chi connectivity index (χ2n) is 4.34. The molecule has 0 rings (SSSR count). The maximum absolute atomic E-state index is 8.40. The van der Waals surface area contributed by atoms with Crippen molar-refractivity contribution < 1.29 is 24.4 Å². The third-order valence-electron chi connectivity index (χ3n) is 2.38. The zero-order chi connectivity index (χ0) is 15.3. The van der Waals surface area contributed by atoms with Gasteiger partial charge < -0.3 is 24.4 Å². The minimum Gasteiger partial charge on any atom is -0.396 e. The van der Waals surface area contributed by atoms with Crippen LogP contribution in [0, 0.1) is 0 Å². The minimum absolute atomic E-state index is 0.0696. The van der Waals surface area contributed by atoms with Crippen LogP contribution in [0.4, 0.5) is 0 Å². The highest BCUT2D eigenvalue weighted by Gasteiger charge is 1.90. The summed E-state index contributed by atoms with van der Waals surface area (Å²) < 4.78 is 15.5. The number of aliphatic hydroxyl groups is 2. The molecule has 0 aromatic carbocycles. The molecule has 0 saturated heterocycles. The van der Waals surface area contributed by atoms with Crippen LogP contribution in [0.1, 0.15) is 46.0 Å². The van der Waals surface area contributed by atoms with E-state index in [4.69, 9.17) is 24.4 Å². The van der Waals surface area contributed by atoms with Crippen molar-refractivity contribution >= 4 is 0 Å². The first-order valence-corrected chi connectivity index (χ1v) is 7.78. The van der Waals surface area contributed by atoms with E-state index in [1.165, 1.54) is 6.42 Å². The van der Waals surface area contributed by atoms with Crippen molar-refractivity contribution in [3.63, 3.8) is 0 Å². The molecule has 124 valence electrons. The van der Waals surface area contributed by atoms with E-state index in [2.05, 4.69) is 13.8 Å². The van der Waals surface area contributed by atoms with Crippen LogP contribution in [0.3, 0.4) is 0 Å². The molecule has 20 heavy (non-hydrogen) atoms. The van der Waals surface area contributed by atoms with Gasteiger partial charge >= 0.3 is 0 Å². The fourth-order valence-electron chi connectivity index (χ4n) is 1.21. The Bertz CT molecular complexity index is 128. The lowest BCUT2D eigenvalue weighted by Gasteiger charge is -2.05. The van der Waals surface area contributed by atoms with Gasteiger partial charge in [-0.3, -0.25) is 0 Å². The Labute approximate surface area is 124 Å². The number of ether oxygens (including phenoxy) is 3. The first-order chi connectivity index (χ1) is 9.83. The molecule has 0 radical (unpaired) electrons. The smallest absolute Gasteiger partial charge is 0.0701 e. The first kappa shape index (κ1) is 22.1. The summed E-state index contributed by atoms with van der Waals surface area (Å²) in [5.74, 6) is 0. The van der Waals surface area contributed by atoms with Crippen LogP contribution in [0.25, 0.3) is 0 Å². The summed E-state index contributed by atoms with van der Waals surface area (Å²) >= 11 is 0. The largest absolute Gasteiger partial charge is 0.396 e. The van der Waals surface area contributed by atoms with Gasteiger partial charge in [-0.2, -0.15) is 0 Å². The second-order valence-corrected chi connectivity index (χ2v) is 4.34. The molecule has 0 fully saturated rings. The summed E-state index contributed by atoms with van der Waals surface area (Å²) in [4.78, 5) is 0. The third kappa shape index (κ3) is 26.4. The number of aliphatic hydroxyl groups excluding tert-OH is 2. The maximum Gasteiger partial charge on any atom is 0.0701 e. The summed E-state index contributed by atoms with van der Waals surface area (Å²) in [5.41, 5.74) is 0. The second kappa shape index (κ2) is 23.9. The van der Waals surface area contributed by atoms with E-state index in [1.54, 1.807) is 0 Å². The lowest BCUT2D eigenvalue weighted by Crippen LogP contribution is -2.11. The van der Waals surface area contributed by atoms with Gasteiger partial charge in [-0.05, 0) is 12.8 Å². The number of hydrogen-bond donors (Lipinski definition) is 2.